The van der Waals surface area contributed by atoms with Gasteiger partial charge in [0.1, 0.15) is 17.3 Å². The number of benzene rings is 3. The zero-order chi connectivity index (χ0) is 20.2. The number of fused-ring (bicyclic) bond motifs is 1. The highest BCUT2D eigenvalue weighted by Crippen LogP contribution is 2.31. The van der Waals surface area contributed by atoms with Gasteiger partial charge in [0.15, 0.2) is 5.82 Å². The summed E-state index contributed by atoms with van der Waals surface area (Å²) in [4.78, 5) is 20.6. The highest BCUT2D eigenvalue weighted by molar-refractivity contribution is 5.92. The van der Waals surface area contributed by atoms with Crippen molar-refractivity contribution < 1.29 is 14.3 Å². The summed E-state index contributed by atoms with van der Waals surface area (Å²) in [6, 6.07) is 22.6. The fourth-order valence-electron chi connectivity index (χ4n) is 3.01. The predicted molar refractivity (Wildman–Crippen MR) is 113 cm³/mol. The van der Waals surface area contributed by atoms with E-state index in [2.05, 4.69) is 5.32 Å². The molecule has 0 spiro atoms. The fraction of sp³-hybridized carbons (Fsp3) is 0.0870. The Bertz CT molecular complexity index is 1170. The second kappa shape index (κ2) is 7.98. The first-order valence-corrected chi connectivity index (χ1v) is 9.10. The first-order valence-electron chi connectivity index (χ1n) is 9.10. The number of ether oxygens (including phenoxy) is 2. The number of carbonyl (C=O) groups is 1. The number of aromatic nitrogens is 2. The molecule has 6 heteroatoms. The average molecular weight is 385 g/mol. The molecule has 1 aromatic heterocycles. The quantitative estimate of drug-likeness (QED) is 0.386. The number of anilines is 2. The number of para-hydroxylation sites is 3. The Balaban J connectivity index is 1.77. The average Bonchev–Trinajstić information content (AvgIpc) is 2.74. The van der Waals surface area contributed by atoms with Crippen molar-refractivity contribution in [3.05, 3.63) is 72.8 Å². The third kappa shape index (κ3) is 4.01. The normalized spacial score (nSPS) is 10.6. The maximum Gasteiger partial charge on any atom is 0.308 e. The molecule has 0 unspecified atom stereocenters. The van der Waals surface area contributed by atoms with Gasteiger partial charge in [-0.05, 0) is 48.5 Å². The summed E-state index contributed by atoms with van der Waals surface area (Å²) < 4.78 is 10.5. The molecule has 0 saturated carbocycles. The number of nitrogens with zero attached hydrogens (tertiary/aromatic N) is 2. The second-order valence-electron chi connectivity index (χ2n) is 6.36. The van der Waals surface area contributed by atoms with Crippen LogP contribution in [0.4, 0.5) is 11.5 Å². The molecule has 0 aliphatic carbocycles. The van der Waals surface area contributed by atoms with E-state index < -0.39 is 0 Å². The van der Waals surface area contributed by atoms with Gasteiger partial charge < -0.3 is 14.8 Å². The first-order chi connectivity index (χ1) is 14.1. The third-order valence-corrected chi connectivity index (χ3v) is 4.34. The van der Waals surface area contributed by atoms with Gasteiger partial charge in [-0.15, -0.1) is 0 Å². The summed E-state index contributed by atoms with van der Waals surface area (Å²) in [7, 11) is 1.63. The van der Waals surface area contributed by atoms with Crippen LogP contribution in [0.15, 0.2) is 72.8 Å². The molecule has 1 heterocycles. The minimum atomic E-state index is -0.358. The van der Waals surface area contributed by atoms with E-state index >= 15 is 0 Å². The zero-order valence-electron chi connectivity index (χ0n) is 16.0. The highest BCUT2D eigenvalue weighted by Gasteiger charge is 2.12. The molecule has 0 fully saturated rings. The van der Waals surface area contributed by atoms with E-state index in [9.17, 15) is 4.79 Å². The van der Waals surface area contributed by atoms with Crippen LogP contribution in [0.2, 0.25) is 0 Å². The number of esters is 1. The lowest BCUT2D eigenvalue weighted by molar-refractivity contribution is -0.131. The molecule has 4 aromatic rings. The lowest BCUT2D eigenvalue weighted by Crippen LogP contribution is -2.02. The smallest absolute Gasteiger partial charge is 0.308 e. The van der Waals surface area contributed by atoms with Crippen molar-refractivity contribution in [2.24, 2.45) is 0 Å². The Morgan fingerprint density at radius 3 is 2.38 bits per heavy atom. The van der Waals surface area contributed by atoms with Crippen molar-refractivity contribution >= 4 is 28.4 Å². The van der Waals surface area contributed by atoms with E-state index in [1.807, 2.05) is 60.7 Å². The first kappa shape index (κ1) is 18.4. The van der Waals surface area contributed by atoms with Crippen molar-refractivity contribution in [3.63, 3.8) is 0 Å². The van der Waals surface area contributed by atoms with Gasteiger partial charge in [0.2, 0.25) is 0 Å². The van der Waals surface area contributed by atoms with E-state index in [1.54, 1.807) is 19.2 Å². The molecule has 4 rings (SSSR count). The molecule has 0 atom stereocenters. The lowest BCUT2D eigenvalue weighted by Gasteiger charge is -2.13. The van der Waals surface area contributed by atoms with Crippen LogP contribution in [0, 0.1) is 0 Å². The van der Waals surface area contributed by atoms with Gasteiger partial charge in [-0.2, -0.15) is 0 Å². The molecule has 1 N–H and O–H groups in total. The van der Waals surface area contributed by atoms with Gasteiger partial charge in [0.05, 0.1) is 18.3 Å². The minimum absolute atomic E-state index is 0.358. The Morgan fingerprint density at radius 2 is 1.62 bits per heavy atom. The van der Waals surface area contributed by atoms with Crippen LogP contribution >= 0.6 is 0 Å². The van der Waals surface area contributed by atoms with Crippen LogP contribution in [-0.2, 0) is 4.79 Å². The lowest BCUT2D eigenvalue weighted by atomic mass is 10.1. The van der Waals surface area contributed by atoms with Crippen LogP contribution in [0.1, 0.15) is 6.92 Å². The van der Waals surface area contributed by atoms with Crippen LogP contribution in [-0.4, -0.2) is 23.0 Å². The number of hydrogen-bond acceptors (Lipinski definition) is 6. The number of carbonyl (C=O) groups excluding carboxylic acids is 1. The van der Waals surface area contributed by atoms with E-state index in [-0.39, 0.29) is 5.97 Å². The molecular weight excluding hydrogens is 366 g/mol. The Labute approximate surface area is 168 Å². The highest BCUT2D eigenvalue weighted by atomic mass is 16.5. The number of hydrogen-bond donors (Lipinski definition) is 1. The van der Waals surface area contributed by atoms with Gasteiger partial charge in [0.25, 0.3) is 0 Å². The van der Waals surface area contributed by atoms with Gasteiger partial charge >= 0.3 is 5.97 Å². The predicted octanol–water partition coefficient (Wildman–Crippen LogP) is 4.97. The van der Waals surface area contributed by atoms with E-state index in [4.69, 9.17) is 19.4 Å². The topological polar surface area (TPSA) is 73.3 Å². The number of rotatable bonds is 5. The maximum atomic E-state index is 11.1. The maximum absolute atomic E-state index is 11.1. The monoisotopic (exact) mass is 385 g/mol. The molecule has 0 radical (unpaired) electrons. The van der Waals surface area contributed by atoms with Gasteiger partial charge in [0, 0.05) is 17.9 Å². The molecule has 144 valence electrons. The molecule has 0 aliphatic heterocycles. The van der Waals surface area contributed by atoms with Crippen LogP contribution in [0.5, 0.6) is 11.5 Å². The summed E-state index contributed by atoms with van der Waals surface area (Å²) in [6.45, 7) is 1.37. The number of nitrogens with one attached hydrogen (secondary N) is 1. The van der Waals surface area contributed by atoms with E-state index in [0.29, 0.717) is 17.4 Å². The summed E-state index contributed by atoms with van der Waals surface area (Å²) >= 11 is 0. The Hall–Kier alpha value is -3.93. The SMILES string of the molecule is COc1ccccc1Nc1nc(-c2ccc(OC(C)=O)cc2)nc2ccccc12. The Morgan fingerprint density at radius 1 is 0.897 bits per heavy atom. The van der Waals surface area contributed by atoms with E-state index in [1.165, 1.54) is 6.92 Å². The Kier molecular flexibility index (Phi) is 5.07. The second-order valence-corrected chi connectivity index (χ2v) is 6.36. The van der Waals surface area contributed by atoms with Gasteiger partial charge in [-0.1, -0.05) is 24.3 Å². The summed E-state index contributed by atoms with van der Waals surface area (Å²) in [5.41, 5.74) is 2.45. The molecule has 6 nitrogen and oxygen atoms in total. The zero-order valence-corrected chi connectivity index (χ0v) is 16.0. The third-order valence-electron chi connectivity index (χ3n) is 4.34. The van der Waals surface area contributed by atoms with Crippen molar-refractivity contribution in [2.75, 3.05) is 12.4 Å². The molecular formula is C23H19N3O3. The molecule has 0 bridgehead atoms. The van der Waals surface area contributed by atoms with Crippen molar-refractivity contribution in [1.29, 1.82) is 0 Å². The van der Waals surface area contributed by atoms with Crippen molar-refractivity contribution in [1.82, 2.24) is 9.97 Å². The minimum Gasteiger partial charge on any atom is -0.495 e. The van der Waals surface area contributed by atoms with Crippen molar-refractivity contribution in [3.8, 4) is 22.9 Å². The summed E-state index contributed by atoms with van der Waals surface area (Å²) in [6.07, 6.45) is 0. The molecule has 0 aliphatic rings. The van der Waals surface area contributed by atoms with Crippen LogP contribution in [0.3, 0.4) is 0 Å². The van der Waals surface area contributed by atoms with Gasteiger partial charge in [-0.3, -0.25) is 4.79 Å². The van der Waals surface area contributed by atoms with Crippen LogP contribution in [0.25, 0.3) is 22.3 Å². The fourth-order valence-corrected chi connectivity index (χ4v) is 3.01. The van der Waals surface area contributed by atoms with Crippen molar-refractivity contribution in [2.45, 2.75) is 6.92 Å². The van der Waals surface area contributed by atoms with E-state index in [0.717, 1.165) is 27.9 Å². The molecule has 0 amide bonds. The summed E-state index contributed by atoms with van der Waals surface area (Å²) in [5, 5.41) is 4.27. The standard InChI is InChI=1S/C23H19N3O3/c1-15(27)29-17-13-11-16(12-14-17)22-24-19-8-4-3-7-18(19)23(26-22)25-20-9-5-6-10-21(20)28-2/h3-14H,1-2H3,(H,24,25,26). The molecule has 0 saturated heterocycles. The summed E-state index contributed by atoms with van der Waals surface area (Å²) in [5.74, 6) is 2.09. The molecule has 3 aromatic carbocycles. The van der Waals surface area contributed by atoms with Crippen LogP contribution < -0.4 is 14.8 Å². The van der Waals surface area contributed by atoms with Gasteiger partial charge in [-0.25, -0.2) is 9.97 Å². The largest absolute Gasteiger partial charge is 0.495 e. The molecule has 29 heavy (non-hydrogen) atoms. The number of methoxy groups -OCH3 is 1.